The Morgan fingerprint density at radius 2 is 1.68 bits per heavy atom. The van der Waals surface area contributed by atoms with Crippen molar-refractivity contribution in [2.75, 3.05) is 13.2 Å². The van der Waals surface area contributed by atoms with Crippen molar-refractivity contribution in [2.24, 2.45) is 0 Å². The van der Waals surface area contributed by atoms with E-state index in [4.69, 9.17) is 37.2 Å². The number of H-pyrrole nitrogens is 2. The van der Waals surface area contributed by atoms with E-state index in [0.717, 1.165) is 0 Å². The number of hydrogen-bond donors (Lipinski definition) is 8. The van der Waals surface area contributed by atoms with Crippen LogP contribution in [0, 0.1) is 6.57 Å². The van der Waals surface area contributed by atoms with E-state index in [-0.39, 0.29) is 23.5 Å². The van der Waals surface area contributed by atoms with Crippen LogP contribution in [0.15, 0.2) is 14.4 Å². The van der Waals surface area contributed by atoms with Crippen molar-refractivity contribution in [3.8, 4) is 0 Å². The lowest BCUT2D eigenvalue weighted by atomic mass is 10.4. The number of aromatic amines is 2. The molecule has 138 valence electrons. The zero-order chi connectivity index (χ0) is 19.4. The molecule has 2 aromatic heterocycles. The normalized spacial score (nSPS) is 11.3. The highest BCUT2D eigenvalue weighted by Gasteiger charge is 2.26. The first-order valence-electron chi connectivity index (χ1n) is 6.48. The molecule has 0 fully saturated rings. The number of nitrogens with one attached hydrogen (secondary N) is 2. The van der Waals surface area contributed by atoms with Crippen LogP contribution in [-0.2, 0) is 6.54 Å². The highest BCUT2D eigenvalue weighted by molar-refractivity contribution is 5.68. The molecule has 0 saturated heterocycles. The third kappa shape index (κ3) is 4.84. The molecule has 14 heteroatoms. The lowest BCUT2D eigenvalue weighted by molar-refractivity contribution is -0.318. The van der Waals surface area contributed by atoms with Crippen LogP contribution < -0.4 is 16.9 Å². The summed E-state index contributed by atoms with van der Waals surface area (Å²) in [6.07, 6.45) is -0.954. The quantitative estimate of drug-likeness (QED) is 0.192. The zero-order valence-corrected chi connectivity index (χ0v) is 12.4. The fourth-order valence-corrected chi connectivity index (χ4v) is 1.64. The number of hydrogen-bond acceptors (Lipinski definition) is 9. The number of rotatable bonds is 4. The minimum Gasteiger partial charge on any atom is -0.394 e. The maximum atomic E-state index is 11.8. The second kappa shape index (κ2) is 7.85. The Balaban J connectivity index is 0.000000450. The topological polar surface area (TPSA) is 218 Å². The number of fused-ring (bicyclic) bond motifs is 1. The molecule has 0 amide bonds. The fourth-order valence-electron chi connectivity index (χ4n) is 1.64. The van der Waals surface area contributed by atoms with E-state index in [2.05, 4.69) is 14.9 Å². The molecular formula is C11H15N5O9. The second-order valence-electron chi connectivity index (χ2n) is 4.68. The zero-order valence-electron chi connectivity index (χ0n) is 12.4. The molecule has 0 aliphatic carbocycles. The predicted molar refractivity (Wildman–Crippen MR) is 79.0 cm³/mol. The standard InChI is InChI=1S/C8H7N5O6.C3H8O3/c1-9-13-5(14)3-4(11-6(15)10-3)12(7(13)16)2-8(17,18)19;4-1-3(6)2-5/h17-19H,2H2,(H2,10,11,15);3-6H,1-2H2. The van der Waals surface area contributed by atoms with Crippen LogP contribution in [0.25, 0.3) is 16.1 Å². The molecule has 0 aliphatic heterocycles. The third-order valence-electron chi connectivity index (χ3n) is 2.69. The third-order valence-corrected chi connectivity index (χ3v) is 2.69. The molecule has 8 N–H and O–H groups in total. The van der Waals surface area contributed by atoms with Crippen LogP contribution >= 0.6 is 0 Å². The van der Waals surface area contributed by atoms with Gasteiger partial charge in [0.1, 0.15) is 18.3 Å². The summed E-state index contributed by atoms with van der Waals surface area (Å²) in [6, 6.07) is 0. The van der Waals surface area contributed by atoms with Gasteiger partial charge in [-0.2, -0.15) is 6.57 Å². The van der Waals surface area contributed by atoms with Crippen molar-refractivity contribution in [2.45, 2.75) is 18.6 Å². The van der Waals surface area contributed by atoms with E-state index >= 15 is 0 Å². The molecule has 0 unspecified atom stereocenters. The highest BCUT2D eigenvalue weighted by Crippen LogP contribution is 2.03. The molecule has 0 aromatic carbocycles. The van der Waals surface area contributed by atoms with Crippen LogP contribution in [0.1, 0.15) is 0 Å². The minimum absolute atomic E-state index is 0.0812. The number of aliphatic hydroxyl groups excluding tert-OH is 3. The summed E-state index contributed by atoms with van der Waals surface area (Å²) in [5.74, 6) is -3.25. The number of nitrogens with zero attached hydrogens (tertiary/aromatic N) is 3. The summed E-state index contributed by atoms with van der Waals surface area (Å²) in [5, 5.41) is 50.7. The monoisotopic (exact) mass is 361 g/mol. The largest absolute Gasteiger partial charge is 0.401 e. The Morgan fingerprint density at radius 1 is 1.12 bits per heavy atom. The fraction of sp³-hybridized carbons (Fsp3) is 0.455. The molecule has 0 radical (unpaired) electrons. The first-order valence-corrected chi connectivity index (χ1v) is 6.48. The molecule has 14 nitrogen and oxygen atoms in total. The van der Waals surface area contributed by atoms with Gasteiger partial charge in [0.15, 0.2) is 5.52 Å². The molecule has 0 spiro atoms. The Labute approximate surface area is 136 Å². The first-order chi connectivity index (χ1) is 11.6. The molecule has 0 aliphatic rings. The lowest BCUT2D eigenvalue weighted by Crippen LogP contribution is -2.43. The predicted octanol–water partition coefficient (Wildman–Crippen LogP) is -5.18. The van der Waals surface area contributed by atoms with Gasteiger partial charge >= 0.3 is 16.9 Å². The molecule has 25 heavy (non-hydrogen) atoms. The van der Waals surface area contributed by atoms with Gasteiger partial charge in [-0.3, -0.25) is 19.3 Å². The molecule has 2 aromatic rings. The van der Waals surface area contributed by atoms with Crippen molar-refractivity contribution < 1.29 is 30.6 Å². The van der Waals surface area contributed by atoms with Crippen molar-refractivity contribution in [1.29, 1.82) is 0 Å². The SMILES string of the molecule is OCC(O)CO.[C-]#[N+]n1c(=O)c2[nH]c(=O)[nH]c2n(CC(O)(O)O)c1=O. The van der Waals surface area contributed by atoms with Gasteiger partial charge in [0.2, 0.25) is 0 Å². The van der Waals surface area contributed by atoms with Crippen LogP contribution in [0.2, 0.25) is 0 Å². The summed E-state index contributed by atoms with van der Waals surface area (Å²) in [4.78, 5) is 41.4. The van der Waals surface area contributed by atoms with Crippen molar-refractivity contribution >= 4 is 11.2 Å². The van der Waals surface area contributed by atoms with Crippen molar-refractivity contribution in [3.05, 3.63) is 42.8 Å². The molecule has 0 bridgehead atoms. The summed E-state index contributed by atoms with van der Waals surface area (Å²) in [7, 11) is 0. The summed E-state index contributed by atoms with van der Waals surface area (Å²) in [5.41, 5.74) is -3.89. The van der Waals surface area contributed by atoms with Gasteiger partial charge in [-0.25, -0.2) is 9.59 Å². The Morgan fingerprint density at radius 3 is 2.08 bits per heavy atom. The Hall–Kier alpha value is -2.80. The van der Waals surface area contributed by atoms with Gasteiger partial charge in [-0.1, -0.05) is 0 Å². The summed E-state index contributed by atoms with van der Waals surface area (Å²) < 4.78 is 0.560. The van der Waals surface area contributed by atoms with Gasteiger partial charge in [-0.15, -0.1) is 4.95 Å². The van der Waals surface area contributed by atoms with Crippen LogP contribution in [-0.4, -0.2) is 75.1 Å². The van der Waals surface area contributed by atoms with E-state index < -0.39 is 41.1 Å². The summed E-state index contributed by atoms with van der Waals surface area (Å²) >= 11 is 0. The van der Waals surface area contributed by atoms with Gasteiger partial charge < -0.3 is 30.6 Å². The van der Waals surface area contributed by atoms with E-state index in [1.807, 2.05) is 0 Å². The van der Waals surface area contributed by atoms with Gasteiger partial charge in [0.25, 0.3) is 5.97 Å². The van der Waals surface area contributed by atoms with Crippen LogP contribution in [0.4, 0.5) is 0 Å². The summed E-state index contributed by atoms with van der Waals surface area (Å²) in [6.45, 7) is 4.93. The molecular weight excluding hydrogens is 346 g/mol. The van der Waals surface area contributed by atoms with E-state index in [1.165, 1.54) is 0 Å². The van der Waals surface area contributed by atoms with Crippen molar-refractivity contribution in [1.82, 2.24) is 19.2 Å². The smallest absolute Gasteiger partial charge is 0.394 e. The molecule has 0 atom stereocenters. The maximum Gasteiger partial charge on any atom is 0.401 e. The highest BCUT2D eigenvalue weighted by atomic mass is 16.7. The average molecular weight is 361 g/mol. The minimum atomic E-state index is -3.25. The number of aliphatic hydroxyl groups is 6. The van der Waals surface area contributed by atoms with Gasteiger partial charge in [0, 0.05) is 0 Å². The molecule has 0 saturated carbocycles. The number of imidazole rings is 1. The van der Waals surface area contributed by atoms with E-state index in [0.29, 0.717) is 4.57 Å². The van der Waals surface area contributed by atoms with Gasteiger partial charge in [0.05, 0.1) is 17.9 Å². The Kier molecular flexibility index (Phi) is 6.36. The Bertz CT molecular complexity index is 934. The second-order valence-corrected chi connectivity index (χ2v) is 4.68. The molecule has 2 heterocycles. The van der Waals surface area contributed by atoms with E-state index in [9.17, 15) is 14.4 Å². The maximum absolute atomic E-state index is 11.8. The lowest BCUT2D eigenvalue weighted by Gasteiger charge is -2.15. The number of aromatic nitrogens is 4. The molecule has 2 rings (SSSR count). The van der Waals surface area contributed by atoms with Crippen LogP contribution in [0.3, 0.4) is 0 Å². The van der Waals surface area contributed by atoms with Crippen LogP contribution in [0.5, 0.6) is 0 Å². The average Bonchev–Trinajstić information content (AvgIpc) is 2.93. The van der Waals surface area contributed by atoms with Crippen molar-refractivity contribution in [3.63, 3.8) is 0 Å². The van der Waals surface area contributed by atoms with E-state index in [1.54, 1.807) is 0 Å². The van der Waals surface area contributed by atoms with Gasteiger partial charge in [-0.05, 0) is 0 Å². The first kappa shape index (κ1) is 20.2.